The minimum atomic E-state index is -5.07. The van der Waals surface area contributed by atoms with Gasteiger partial charge < -0.3 is 9.31 Å². The Morgan fingerprint density at radius 1 is 1.12 bits per heavy atom. The Morgan fingerprint density at radius 2 is 1.60 bits per heavy atom. The molecule has 1 saturated heterocycles. The normalized spacial score (nSPS) is 18.0. The summed E-state index contributed by atoms with van der Waals surface area (Å²) in [6, 6.07) is 5.42. The minimum absolute atomic E-state index is 0.223. The Hall–Kier alpha value is -2.36. The molecule has 10 heteroatoms. The predicted octanol–water partition coefficient (Wildman–Crippen LogP) is 1.63. The van der Waals surface area contributed by atoms with Crippen molar-refractivity contribution in [3.63, 3.8) is 0 Å². The maximum absolute atomic E-state index is 13.5. The fraction of sp³-hybridized carbons (Fsp3) is 0.400. The first-order valence-corrected chi connectivity index (χ1v) is 7.33. The Labute approximate surface area is 142 Å². The number of rotatable bonds is 3. The van der Waals surface area contributed by atoms with Crippen LogP contribution < -0.4 is 0 Å². The summed E-state index contributed by atoms with van der Waals surface area (Å²) in [6.07, 6.45) is -5.07. The highest BCUT2D eigenvalue weighted by atomic mass is 19.4. The van der Waals surface area contributed by atoms with Crippen LogP contribution >= 0.6 is 0 Å². The van der Waals surface area contributed by atoms with Crippen molar-refractivity contribution in [1.29, 1.82) is 0 Å². The van der Waals surface area contributed by atoms with Crippen molar-refractivity contribution in [3.8, 4) is 0 Å². The van der Waals surface area contributed by atoms with Gasteiger partial charge in [0.05, 0.1) is 13.1 Å². The highest BCUT2D eigenvalue weighted by Gasteiger charge is 2.58. The average Bonchev–Trinajstić information content (AvgIpc) is 2.44. The molecule has 1 heterocycles. The van der Waals surface area contributed by atoms with E-state index in [-0.39, 0.29) is 5.56 Å². The molecule has 0 spiro atoms. The number of carbonyl (C=O) groups is 3. The van der Waals surface area contributed by atoms with Crippen molar-refractivity contribution in [2.24, 2.45) is 0 Å². The first-order valence-electron chi connectivity index (χ1n) is 7.33. The van der Waals surface area contributed by atoms with Gasteiger partial charge in [-0.05, 0) is 14.0 Å². The molecule has 134 valence electrons. The van der Waals surface area contributed by atoms with Gasteiger partial charge in [0.1, 0.15) is 0 Å². The minimum Gasteiger partial charge on any atom is -0.498 e. The second-order valence-corrected chi connectivity index (χ2v) is 5.77. The van der Waals surface area contributed by atoms with Gasteiger partial charge in [0, 0.05) is 5.56 Å². The van der Waals surface area contributed by atoms with E-state index in [1.165, 1.54) is 36.2 Å². The zero-order valence-corrected chi connectivity index (χ0v) is 13.5. The van der Waals surface area contributed by atoms with E-state index in [9.17, 15) is 27.6 Å². The van der Waals surface area contributed by atoms with Crippen LogP contribution in [0.4, 0.5) is 13.2 Å². The number of hydrogen-bond acceptors (Lipinski definition) is 6. The summed E-state index contributed by atoms with van der Waals surface area (Å²) in [4.78, 5) is 36.9. The van der Waals surface area contributed by atoms with E-state index < -0.39 is 49.9 Å². The molecule has 0 aromatic heterocycles. The number of alkyl halides is 3. The van der Waals surface area contributed by atoms with Gasteiger partial charge in [-0.15, -0.1) is 0 Å². The summed E-state index contributed by atoms with van der Waals surface area (Å²) in [5, 5.41) is 0. The van der Waals surface area contributed by atoms with E-state index in [1.54, 1.807) is 6.92 Å². The van der Waals surface area contributed by atoms with E-state index in [0.717, 1.165) is 5.56 Å². The van der Waals surface area contributed by atoms with Gasteiger partial charge in [-0.2, -0.15) is 13.2 Å². The van der Waals surface area contributed by atoms with E-state index in [2.05, 4.69) is 9.31 Å². The molecule has 25 heavy (non-hydrogen) atoms. The Morgan fingerprint density at radius 3 is 2.04 bits per heavy atom. The van der Waals surface area contributed by atoms with Crippen molar-refractivity contribution in [3.05, 3.63) is 35.4 Å². The van der Waals surface area contributed by atoms with Crippen LogP contribution in [0.1, 0.15) is 15.9 Å². The molecular formula is C15H15BF3NO5. The van der Waals surface area contributed by atoms with Crippen LogP contribution in [0.5, 0.6) is 0 Å². The summed E-state index contributed by atoms with van der Waals surface area (Å²) in [5.74, 6) is -6.18. The summed E-state index contributed by atoms with van der Waals surface area (Å²) in [6.45, 7) is 0.925. The smallest absolute Gasteiger partial charge is 0.498 e. The molecule has 1 aromatic carbocycles. The van der Waals surface area contributed by atoms with Crippen LogP contribution in [0, 0.1) is 6.92 Å². The molecule has 1 aromatic rings. The summed E-state index contributed by atoms with van der Waals surface area (Å²) in [7, 11) is -0.954. The molecule has 0 amide bonds. The number of Topliss-reactive ketones (excluding diaryl/α,β-unsaturated/α-hetero) is 1. The Bertz CT molecular complexity index is 657. The molecule has 0 radical (unpaired) electrons. The standard InChI is InChI=1S/C15H15BF3NO5/c1-9-3-5-10(6-4-9)13(23)14(15(17,18)19)16-24-11(21)7-20(2)8-12(22)25-16/h3-6,14H,7-8H2,1-2H3/t14-/m1/s1. The lowest BCUT2D eigenvalue weighted by Gasteiger charge is -2.27. The molecule has 0 N–H and O–H groups in total. The fourth-order valence-corrected chi connectivity index (χ4v) is 2.31. The van der Waals surface area contributed by atoms with Crippen LogP contribution in [0.15, 0.2) is 24.3 Å². The van der Waals surface area contributed by atoms with Gasteiger partial charge in [0.2, 0.25) is 0 Å². The molecule has 0 aliphatic carbocycles. The van der Waals surface area contributed by atoms with E-state index in [4.69, 9.17) is 0 Å². The lowest BCUT2D eigenvalue weighted by atomic mass is 9.67. The van der Waals surface area contributed by atoms with Crippen molar-refractivity contribution in [1.82, 2.24) is 4.90 Å². The highest BCUT2D eigenvalue weighted by molar-refractivity contribution is 6.57. The van der Waals surface area contributed by atoms with E-state index in [1.807, 2.05) is 0 Å². The van der Waals surface area contributed by atoms with Gasteiger partial charge in [0.15, 0.2) is 11.6 Å². The monoisotopic (exact) mass is 357 g/mol. The van der Waals surface area contributed by atoms with Crippen LogP contribution in [0.2, 0.25) is 5.82 Å². The molecule has 0 bridgehead atoms. The molecule has 1 aliphatic heterocycles. The number of hydrogen-bond donors (Lipinski definition) is 0. The summed E-state index contributed by atoms with van der Waals surface area (Å²) < 4.78 is 49.7. The Balaban J connectivity index is 2.35. The van der Waals surface area contributed by atoms with Crippen LogP contribution in [0.25, 0.3) is 0 Å². The summed E-state index contributed by atoms with van der Waals surface area (Å²) >= 11 is 0. The molecule has 6 nitrogen and oxygen atoms in total. The third-order valence-corrected chi connectivity index (χ3v) is 3.54. The van der Waals surface area contributed by atoms with Crippen LogP contribution in [-0.2, 0) is 18.9 Å². The topological polar surface area (TPSA) is 72.9 Å². The van der Waals surface area contributed by atoms with Gasteiger partial charge in [-0.1, -0.05) is 29.8 Å². The van der Waals surface area contributed by atoms with Crippen molar-refractivity contribution >= 4 is 24.8 Å². The van der Waals surface area contributed by atoms with Crippen molar-refractivity contribution < 1.29 is 36.9 Å². The zero-order valence-electron chi connectivity index (χ0n) is 13.5. The van der Waals surface area contributed by atoms with Gasteiger partial charge in [-0.3, -0.25) is 19.3 Å². The molecule has 0 saturated carbocycles. The maximum Gasteiger partial charge on any atom is 0.619 e. The van der Waals surface area contributed by atoms with Crippen molar-refractivity contribution in [2.45, 2.75) is 18.9 Å². The summed E-state index contributed by atoms with van der Waals surface area (Å²) in [5.41, 5.74) is 0.533. The van der Waals surface area contributed by atoms with Gasteiger partial charge in [0.25, 0.3) is 0 Å². The SMILES string of the molecule is Cc1ccc(C(=O)[C@@H](B2OC(=O)CN(C)CC(=O)O2)C(F)(F)F)cc1. The van der Waals surface area contributed by atoms with Crippen LogP contribution in [0.3, 0.4) is 0 Å². The maximum atomic E-state index is 13.5. The second-order valence-electron chi connectivity index (χ2n) is 5.77. The molecule has 2 rings (SSSR count). The lowest BCUT2D eigenvalue weighted by molar-refractivity contribution is -0.150. The number of likely N-dealkylation sites (N-methyl/N-ethyl adjacent to an activating group) is 1. The number of nitrogens with zero attached hydrogens (tertiary/aromatic N) is 1. The van der Waals surface area contributed by atoms with Gasteiger partial charge in [-0.25, -0.2) is 0 Å². The molecular weight excluding hydrogens is 342 g/mol. The number of carbonyl (C=O) groups excluding carboxylic acids is 3. The predicted molar refractivity (Wildman–Crippen MR) is 80.7 cm³/mol. The van der Waals surface area contributed by atoms with Gasteiger partial charge >= 0.3 is 25.2 Å². The third-order valence-electron chi connectivity index (χ3n) is 3.54. The fourth-order valence-electron chi connectivity index (χ4n) is 2.31. The number of benzene rings is 1. The molecule has 1 fully saturated rings. The largest absolute Gasteiger partial charge is 0.619 e. The first-order chi connectivity index (χ1) is 11.6. The quantitative estimate of drug-likeness (QED) is 0.605. The zero-order chi connectivity index (χ0) is 18.8. The lowest BCUT2D eigenvalue weighted by Crippen LogP contribution is -2.49. The number of halogens is 3. The van der Waals surface area contributed by atoms with Crippen LogP contribution in [-0.4, -0.2) is 56.1 Å². The molecule has 1 aliphatic rings. The second kappa shape index (κ2) is 7.26. The van der Waals surface area contributed by atoms with Crippen molar-refractivity contribution in [2.75, 3.05) is 20.1 Å². The van der Waals surface area contributed by atoms with E-state index in [0.29, 0.717) is 0 Å². The highest BCUT2D eigenvalue weighted by Crippen LogP contribution is 2.37. The Kier molecular flexibility index (Phi) is 5.51. The average molecular weight is 357 g/mol. The first kappa shape index (κ1) is 19.0. The molecule has 0 unspecified atom stereocenters. The number of ketones is 1. The molecule has 1 atom stereocenters. The van der Waals surface area contributed by atoms with E-state index >= 15 is 0 Å². The third kappa shape index (κ3) is 4.82. The number of aryl methyl sites for hydroxylation is 1.